The molecular weight excluding hydrogens is 208 g/mol. The zero-order valence-corrected chi connectivity index (χ0v) is 11.6. The summed E-state index contributed by atoms with van der Waals surface area (Å²) in [7, 11) is 0. The largest absolute Gasteiger partial charge is 0.513 e. The molecule has 0 heterocycles. The molecule has 0 saturated carbocycles. The van der Waals surface area contributed by atoms with E-state index in [9.17, 15) is 5.11 Å². The minimum absolute atomic E-state index is 0.556. The summed E-state index contributed by atoms with van der Waals surface area (Å²) >= 11 is 0. The molecule has 0 unspecified atom stereocenters. The average molecular weight is 238 g/mol. The van der Waals surface area contributed by atoms with Gasteiger partial charge in [-0.05, 0) is 24.8 Å². The van der Waals surface area contributed by atoms with Crippen LogP contribution in [0, 0.1) is 5.92 Å². The maximum absolute atomic E-state index is 9.81. The van der Waals surface area contributed by atoms with E-state index in [1.54, 1.807) is 0 Å². The number of allylic oxidation sites excluding steroid dienone is 2. The molecule has 1 N–H and O–H groups in total. The highest BCUT2D eigenvalue weighted by molar-refractivity contribution is 4.93. The minimum Gasteiger partial charge on any atom is -0.513 e. The summed E-state index contributed by atoms with van der Waals surface area (Å²) in [4.78, 5) is 0. The summed E-state index contributed by atoms with van der Waals surface area (Å²) in [6.45, 7) is 2.23. The van der Waals surface area contributed by atoms with Crippen molar-refractivity contribution in [2.24, 2.45) is 5.92 Å². The van der Waals surface area contributed by atoms with Crippen LogP contribution in [0.5, 0.6) is 0 Å². The van der Waals surface area contributed by atoms with Crippen LogP contribution in [0.3, 0.4) is 0 Å². The summed E-state index contributed by atoms with van der Waals surface area (Å²) in [5, 5.41) is 9.81. The van der Waals surface area contributed by atoms with Crippen molar-refractivity contribution in [3.05, 3.63) is 11.8 Å². The fourth-order valence-corrected chi connectivity index (χ4v) is 2.68. The van der Waals surface area contributed by atoms with Crippen LogP contribution in [-0.2, 0) is 0 Å². The minimum atomic E-state index is 0.556. The Morgan fingerprint density at radius 1 is 0.824 bits per heavy atom. The zero-order valence-electron chi connectivity index (χ0n) is 11.6. The predicted molar refractivity (Wildman–Crippen MR) is 75.3 cm³/mol. The molecule has 0 aromatic heterocycles. The van der Waals surface area contributed by atoms with Crippen molar-refractivity contribution in [3.63, 3.8) is 0 Å². The molecular formula is C16H30O. The van der Waals surface area contributed by atoms with Crippen LogP contribution < -0.4 is 0 Å². The highest BCUT2D eigenvalue weighted by Gasteiger charge is 2.02. The van der Waals surface area contributed by atoms with E-state index in [-0.39, 0.29) is 0 Å². The van der Waals surface area contributed by atoms with Gasteiger partial charge in [0.05, 0.1) is 5.76 Å². The number of hydrogen-bond acceptors (Lipinski definition) is 1. The van der Waals surface area contributed by atoms with E-state index in [1.807, 2.05) is 0 Å². The van der Waals surface area contributed by atoms with Gasteiger partial charge in [-0.1, -0.05) is 64.7 Å². The third-order valence-electron chi connectivity index (χ3n) is 3.82. The number of hydrogen-bond donors (Lipinski definition) is 1. The van der Waals surface area contributed by atoms with E-state index in [4.69, 9.17) is 0 Å². The summed E-state index contributed by atoms with van der Waals surface area (Å²) in [5.41, 5.74) is 0. The molecule has 1 nitrogen and oxygen atoms in total. The van der Waals surface area contributed by atoms with Crippen molar-refractivity contribution >= 4 is 0 Å². The van der Waals surface area contributed by atoms with Crippen molar-refractivity contribution < 1.29 is 5.11 Å². The second kappa shape index (κ2) is 9.56. The topological polar surface area (TPSA) is 20.2 Å². The van der Waals surface area contributed by atoms with Crippen molar-refractivity contribution in [2.75, 3.05) is 0 Å². The van der Waals surface area contributed by atoms with Gasteiger partial charge in [-0.2, -0.15) is 0 Å². The van der Waals surface area contributed by atoms with E-state index >= 15 is 0 Å². The van der Waals surface area contributed by atoms with Gasteiger partial charge in [0.15, 0.2) is 0 Å². The summed E-state index contributed by atoms with van der Waals surface area (Å²) in [6.07, 6.45) is 17.8. The molecule has 0 amide bonds. The molecule has 1 heteroatoms. The molecule has 1 aliphatic rings. The Kier molecular flexibility index (Phi) is 8.21. The molecule has 1 aliphatic carbocycles. The van der Waals surface area contributed by atoms with Crippen LogP contribution in [0.2, 0.25) is 0 Å². The Morgan fingerprint density at radius 2 is 1.29 bits per heavy atom. The van der Waals surface area contributed by atoms with Crippen molar-refractivity contribution in [1.82, 2.24) is 0 Å². The molecule has 0 radical (unpaired) electrons. The van der Waals surface area contributed by atoms with Crippen molar-refractivity contribution in [2.45, 2.75) is 84.0 Å². The van der Waals surface area contributed by atoms with Crippen LogP contribution >= 0.6 is 0 Å². The molecule has 0 aromatic rings. The monoisotopic (exact) mass is 238 g/mol. The van der Waals surface area contributed by atoms with Gasteiger partial charge >= 0.3 is 0 Å². The third kappa shape index (κ3) is 8.29. The van der Waals surface area contributed by atoms with Crippen LogP contribution in [0.15, 0.2) is 11.8 Å². The first-order valence-electron chi connectivity index (χ1n) is 7.68. The van der Waals surface area contributed by atoms with Crippen LogP contribution in [0.1, 0.15) is 84.0 Å². The molecule has 1 atom stereocenters. The van der Waals surface area contributed by atoms with Gasteiger partial charge in [0.25, 0.3) is 0 Å². The lowest BCUT2D eigenvalue weighted by molar-refractivity contribution is 0.371. The van der Waals surface area contributed by atoms with Crippen molar-refractivity contribution in [3.8, 4) is 0 Å². The Labute approximate surface area is 107 Å². The first-order valence-corrected chi connectivity index (χ1v) is 7.68. The molecule has 0 spiro atoms. The van der Waals surface area contributed by atoms with Gasteiger partial charge < -0.3 is 5.11 Å². The second-order valence-corrected chi connectivity index (χ2v) is 5.71. The van der Waals surface area contributed by atoms with Crippen LogP contribution in [0.25, 0.3) is 0 Å². The molecule has 1 rings (SSSR count). The van der Waals surface area contributed by atoms with Gasteiger partial charge in [0, 0.05) is 6.42 Å². The van der Waals surface area contributed by atoms with Gasteiger partial charge in [-0.15, -0.1) is 0 Å². The number of aliphatic hydroxyl groups is 1. The lowest BCUT2D eigenvalue weighted by atomic mass is 10.0. The van der Waals surface area contributed by atoms with E-state index in [0.717, 1.165) is 12.8 Å². The van der Waals surface area contributed by atoms with Crippen LogP contribution in [-0.4, -0.2) is 5.11 Å². The maximum atomic E-state index is 9.81. The van der Waals surface area contributed by atoms with Gasteiger partial charge in [-0.25, -0.2) is 0 Å². The van der Waals surface area contributed by atoms with E-state index < -0.39 is 0 Å². The van der Waals surface area contributed by atoms with Crippen molar-refractivity contribution in [1.29, 1.82) is 0 Å². The number of rotatable bonds is 0. The molecule has 0 bridgehead atoms. The average Bonchev–Trinajstić information content (AvgIpc) is 2.30. The van der Waals surface area contributed by atoms with Gasteiger partial charge in [0.2, 0.25) is 0 Å². The van der Waals surface area contributed by atoms with E-state index in [1.165, 1.54) is 64.2 Å². The second-order valence-electron chi connectivity index (χ2n) is 5.71. The van der Waals surface area contributed by atoms with E-state index in [0.29, 0.717) is 11.7 Å². The van der Waals surface area contributed by atoms with Gasteiger partial charge in [0.1, 0.15) is 0 Å². The Balaban J connectivity index is 2.30. The molecule has 0 aromatic carbocycles. The fourth-order valence-electron chi connectivity index (χ4n) is 2.68. The zero-order chi connectivity index (χ0) is 12.3. The Bertz CT molecular complexity index is 208. The molecule has 0 aliphatic heterocycles. The smallest absolute Gasteiger partial charge is 0.0885 e. The first-order chi connectivity index (χ1) is 8.29. The highest BCUT2D eigenvalue weighted by Crippen LogP contribution is 2.18. The third-order valence-corrected chi connectivity index (χ3v) is 3.82. The maximum Gasteiger partial charge on any atom is 0.0885 e. The predicted octanol–water partition coefficient (Wildman–Crippen LogP) is 5.76. The molecule has 17 heavy (non-hydrogen) atoms. The fraction of sp³-hybridized carbons (Fsp3) is 0.875. The van der Waals surface area contributed by atoms with E-state index in [2.05, 4.69) is 13.0 Å². The normalized spacial score (nSPS) is 29.7. The van der Waals surface area contributed by atoms with Crippen LogP contribution in [0.4, 0.5) is 0 Å². The molecule has 0 fully saturated rings. The lowest BCUT2D eigenvalue weighted by Crippen LogP contribution is -1.93. The Hall–Kier alpha value is -0.460. The SMILES string of the molecule is C[C@@H]1/C=C(/O)CCCCCCCCCCCC1. The standard InChI is InChI=1S/C16H30O/c1-15-12-10-8-6-4-2-3-5-7-9-11-13-16(17)14-15/h14-15,17H,2-13H2,1H3/b16-14+/t15-/m0/s1. The summed E-state index contributed by atoms with van der Waals surface area (Å²) < 4.78 is 0. The lowest BCUT2D eigenvalue weighted by Gasteiger charge is -2.07. The van der Waals surface area contributed by atoms with Gasteiger partial charge in [-0.3, -0.25) is 0 Å². The highest BCUT2D eigenvalue weighted by atomic mass is 16.3. The summed E-state index contributed by atoms with van der Waals surface area (Å²) in [5.74, 6) is 1.19. The number of aliphatic hydroxyl groups excluding tert-OH is 1. The summed E-state index contributed by atoms with van der Waals surface area (Å²) in [6, 6.07) is 0. The molecule has 0 saturated heterocycles. The first kappa shape index (κ1) is 14.6. The quantitative estimate of drug-likeness (QED) is 0.569. The Morgan fingerprint density at radius 3 is 1.88 bits per heavy atom. The molecule has 100 valence electrons.